The van der Waals surface area contributed by atoms with E-state index >= 15 is 0 Å². The molecule has 0 bridgehead atoms. The first-order chi connectivity index (χ1) is 18.0. The summed E-state index contributed by atoms with van der Waals surface area (Å²) in [5, 5.41) is 25.2. The number of nitrogens with one attached hydrogen (secondary N) is 1. The van der Waals surface area contributed by atoms with E-state index < -0.39 is 26.7 Å². The Balaban J connectivity index is 0.00000420. The number of carbonyl (C=O) groups excluding carboxylic acids is 1. The molecule has 0 aliphatic heterocycles. The van der Waals surface area contributed by atoms with E-state index in [-0.39, 0.29) is 51.5 Å². The van der Waals surface area contributed by atoms with Crippen LogP contribution in [0, 0.1) is 6.92 Å². The summed E-state index contributed by atoms with van der Waals surface area (Å²) in [4.78, 5) is 12.6. The molecule has 0 aliphatic rings. The molecule has 196 valence electrons. The normalized spacial score (nSPS) is 11.4. The number of azo groups is 1. The quantitative estimate of drug-likeness (QED) is 0.189. The van der Waals surface area contributed by atoms with Crippen molar-refractivity contribution in [3.05, 3.63) is 81.8 Å². The van der Waals surface area contributed by atoms with Gasteiger partial charge in [0.1, 0.15) is 16.3 Å². The van der Waals surface area contributed by atoms with Crippen molar-refractivity contribution in [1.82, 2.24) is 0 Å². The molecule has 0 aliphatic carbocycles. The number of amides is 1. The number of halogens is 2. The first-order valence-corrected chi connectivity index (χ1v) is 13.3. The van der Waals surface area contributed by atoms with E-state index in [4.69, 9.17) is 27.9 Å². The van der Waals surface area contributed by atoms with Gasteiger partial charge < -0.3 is 15.2 Å². The number of aryl methyl sites for hydroxylation is 1. The minimum absolute atomic E-state index is 0. The third-order valence-electron chi connectivity index (χ3n) is 5.47. The monoisotopic (exact) mass is 595 g/mol. The van der Waals surface area contributed by atoms with E-state index in [2.05, 4.69) is 15.5 Å². The summed E-state index contributed by atoms with van der Waals surface area (Å²) in [7, 11) is -4.62. The minimum Gasteiger partial charge on any atom is -0.870 e. The van der Waals surface area contributed by atoms with Gasteiger partial charge in [-0.15, -0.1) is 5.11 Å². The Hall–Kier alpha value is -2.70. The molecule has 0 atom stereocenters. The van der Waals surface area contributed by atoms with Gasteiger partial charge in [0.15, 0.2) is 0 Å². The fourth-order valence-electron chi connectivity index (χ4n) is 3.73. The number of ether oxygens (including phenoxy) is 1. The first-order valence-electron chi connectivity index (χ1n) is 11.2. The molecule has 0 unspecified atom stereocenters. The van der Waals surface area contributed by atoms with Gasteiger partial charge in [-0.1, -0.05) is 59.3 Å². The van der Waals surface area contributed by atoms with E-state index in [1.54, 1.807) is 43.3 Å². The van der Waals surface area contributed by atoms with Gasteiger partial charge in [0, 0.05) is 27.7 Å². The molecule has 0 radical (unpaired) electrons. The van der Waals surface area contributed by atoms with Crippen molar-refractivity contribution in [3.63, 3.8) is 0 Å². The summed E-state index contributed by atoms with van der Waals surface area (Å²) in [6, 6.07) is 15.4. The first kappa shape index (κ1) is 30.8. The fourth-order valence-corrected chi connectivity index (χ4v) is 5.06. The molecule has 4 aromatic carbocycles. The molecule has 13 heteroatoms. The van der Waals surface area contributed by atoms with Gasteiger partial charge in [-0.05, 0) is 49.1 Å². The molecular weight excluding hydrogens is 576 g/mol. The number of anilines is 1. The van der Waals surface area contributed by atoms with Gasteiger partial charge in [-0.3, -0.25) is 9.35 Å². The van der Waals surface area contributed by atoms with Crippen LogP contribution in [0.1, 0.15) is 22.8 Å². The van der Waals surface area contributed by atoms with E-state index in [1.807, 2.05) is 6.92 Å². The van der Waals surface area contributed by atoms with Crippen LogP contribution in [0.15, 0.2) is 75.8 Å². The fraction of sp³-hybridized carbons (Fsp3) is 0.115. The molecule has 0 aromatic heterocycles. The molecule has 0 fully saturated rings. The summed E-state index contributed by atoms with van der Waals surface area (Å²) in [6.07, 6.45) is 0. The molecule has 1 amide bonds. The second-order valence-electron chi connectivity index (χ2n) is 8.10. The van der Waals surface area contributed by atoms with Gasteiger partial charge in [-0.2, -0.15) is 13.5 Å². The summed E-state index contributed by atoms with van der Waals surface area (Å²) >= 11 is 12.3. The molecule has 0 saturated carbocycles. The maximum Gasteiger partial charge on any atom is 1.00 e. The maximum absolute atomic E-state index is 13.4. The Kier molecular flexibility index (Phi) is 10.0. The predicted octanol–water partition coefficient (Wildman–Crippen LogP) is 3.85. The van der Waals surface area contributed by atoms with Crippen LogP contribution >= 0.6 is 23.2 Å². The van der Waals surface area contributed by atoms with Gasteiger partial charge in [0.2, 0.25) is 0 Å². The van der Waals surface area contributed by atoms with Crippen molar-refractivity contribution in [2.75, 3.05) is 11.9 Å². The summed E-state index contributed by atoms with van der Waals surface area (Å²) in [6.45, 7) is 3.81. The number of hydrogen-bond acceptors (Lipinski definition) is 7. The van der Waals surface area contributed by atoms with Crippen LogP contribution in [-0.4, -0.2) is 25.5 Å². The Morgan fingerprint density at radius 3 is 2.44 bits per heavy atom. The van der Waals surface area contributed by atoms with Crippen molar-refractivity contribution in [1.29, 1.82) is 0 Å². The Bertz CT molecular complexity index is 1710. The predicted molar refractivity (Wildman–Crippen MR) is 144 cm³/mol. The topological polar surface area (TPSA) is 140 Å². The standard InChI is InChI=1S/C26H21Cl2N3O6S.Na/c1-3-37-18-12-16(27)11-17(13-18)29-26(33)20-10-15-6-4-5-7-19(15)24(25(20)32)31-30-23-14(2)8-9-21(22(23)28)38(34,35)36;/h4-13,32H,3H2,1-2H3,(H,29,33)(H,34,35,36);/q;+1/p-1. The third-order valence-corrected chi connectivity index (χ3v) is 7.08. The number of nitrogens with zero attached hydrogens (tertiary/aromatic N) is 2. The van der Waals surface area contributed by atoms with Crippen LogP contribution in [0.4, 0.5) is 17.1 Å². The third kappa shape index (κ3) is 6.90. The minimum atomic E-state index is -4.62. The van der Waals surface area contributed by atoms with E-state index in [9.17, 15) is 22.9 Å². The van der Waals surface area contributed by atoms with Crippen LogP contribution in [0.25, 0.3) is 10.8 Å². The van der Waals surface area contributed by atoms with Crippen LogP contribution < -0.4 is 44.7 Å². The summed E-state index contributed by atoms with van der Waals surface area (Å²) in [5.41, 5.74) is 0.364. The Morgan fingerprint density at radius 1 is 1.05 bits per heavy atom. The number of benzene rings is 4. The van der Waals surface area contributed by atoms with Crippen molar-refractivity contribution >= 4 is 67.1 Å². The van der Waals surface area contributed by atoms with Crippen molar-refractivity contribution in [2.24, 2.45) is 10.2 Å². The molecule has 0 spiro atoms. The summed E-state index contributed by atoms with van der Waals surface area (Å²) in [5.74, 6) is -0.966. The molecule has 4 rings (SSSR count). The average molecular weight is 596 g/mol. The van der Waals surface area contributed by atoms with Crippen LogP contribution in [0.5, 0.6) is 11.5 Å². The molecule has 2 N–H and O–H groups in total. The number of fused-ring (bicyclic) bond motifs is 1. The van der Waals surface area contributed by atoms with Crippen LogP contribution in [0.3, 0.4) is 0 Å². The second kappa shape index (κ2) is 12.6. The van der Waals surface area contributed by atoms with Crippen molar-refractivity contribution < 1.29 is 57.2 Å². The summed E-state index contributed by atoms with van der Waals surface area (Å²) < 4.78 is 38.2. The number of carbonyl (C=O) groups is 1. The molecule has 39 heavy (non-hydrogen) atoms. The average Bonchev–Trinajstić information content (AvgIpc) is 2.83. The zero-order chi connectivity index (χ0) is 27.6. The molecule has 0 heterocycles. The Morgan fingerprint density at radius 2 is 1.74 bits per heavy atom. The zero-order valence-corrected chi connectivity index (χ0v) is 25.4. The van der Waals surface area contributed by atoms with E-state index in [1.165, 1.54) is 18.2 Å². The zero-order valence-electron chi connectivity index (χ0n) is 21.0. The van der Waals surface area contributed by atoms with Crippen molar-refractivity contribution in [3.8, 4) is 11.5 Å². The largest absolute Gasteiger partial charge is 1.00 e. The molecule has 0 saturated heterocycles. The number of hydrogen-bond donors (Lipinski definition) is 2. The van der Waals surface area contributed by atoms with Gasteiger partial charge >= 0.3 is 29.6 Å². The smallest absolute Gasteiger partial charge is 0.870 e. The molecular formula is C26H20Cl2N3NaO6S. The second-order valence-corrected chi connectivity index (χ2v) is 10.3. The number of rotatable bonds is 7. The SMILES string of the molecule is CCOc1cc(Cl)cc(NC(=O)c2cc3ccccc3c(N=Nc3c(C)ccc(S(=O)(=O)O)c3Cl)c2[O-])c1.[Na+]. The van der Waals surface area contributed by atoms with Crippen LogP contribution in [-0.2, 0) is 10.1 Å². The van der Waals surface area contributed by atoms with Crippen molar-refractivity contribution in [2.45, 2.75) is 18.7 Å². The van der Waals surface area contributed by atoms with Gasteiger partial charge in [0.25, 0.3) is 16.0 Å². The van der Waals surface area contributed by atoms with Crippen LogP contribution in [0.2, 0.25) is 10.0 Å². The van der Waals surface area contributed by atoms with Gasteiger partial charge in [0.05, 0.1) is 17.3 Å². The molecule has 4 aromatic rings. The molecule has 9 nitrogen and oxygen atoms in total. The van der Waals surface area contributed by atoms with E-state index in [0.717, 1.165) is 6.07 Å². The maximum atomic E-state index is 13.4. The Labute approximate surface area is 256 Å². The van der Waals surface area contributed by atoms with E-state index in [0.29, 0.717) is 39.4 Å². The van der Waals surface area contributed by atoms with Gasteiger partial charge in [-0.25, -0.2) is 0 Å².